The Hall–Kier alpha value is -2.03. The van der Waals surface area contributed by atoms with Crippen LogP contribution in [0.25, 0.3) is 0 Å². The first kappa shape index (κ1) is 17.3. The summed E-state index contributed by atoms with van der Waals surface area (Å²) in [5.74, 6) is 0.107. The zero-order chi connectivity index (χ0) is 16.7. The lowest BCUT2D eigenvalue weighted by Crippen LogP contribution is -2.14. The number of halogens is 2. The third-order valence-electron chi connectivity index (χ3n) is 3.03. The number of carbonyl (C=O) groups excluding carboxylic acids is 1. The molecule has 0 saturated carbocycles. The number of hydrogen-bond donors (Lipinski definition) is 1. The summed E-state index contributed by atoms with van der Waals surface area (Å²) in [6.45, 7) is 0. The van der Waals surface area contributed by atoms with Crippen LogP contribution in [0.2, 0.25) is 5.02 Å². The van der Waals surface area contributed by atoms with Crippen molar-refractivity contribution in [1.29, 1.82) is 5.26 Å². The van der Waals surface area contributed by atoms with Crippen LogP contribution in [0.4, 0.5) is 10.1 Å². The minimum atomic E-state index is -0.363. The summed E-state index contributed by atoms with van der Waals surface area (Å²) in [5, 5.41) is 11.7. The summed E-state index contributed by atoms with van der Waals surface area (Å²) in [6, 6.07) is 13.7. The van der Waals surface area contributed by atoms with E-state index in [0.29, 0.717) is 28.4 Å². The third-order valence-corrected chi connectivity index (χ3v) is 4.24. The quantitative estimate of drug-likeness (QED) is 0.840. The number of rotatable bonds is 6. The largest absolute Gasteiger partial charge is 0.325 e. The van der Waals surface area contributed by atoms with Gasteiger partial charge < -0.3 is 5.32 Å². The van der Waals surface area contributed by atoms with Gasteiger partial charge in [-0.15, -0.1) is 11.8 Å². The van der Waals surface area contributed by atoms with E-state index in [0.717, 1.165) is 5.56 Å². The lowest BCUT2D eigenvalue weighted by Gasteiger charge is -2.06. The maximum absolute atomic E-state index is 13.6. The fourth-order valence-electron chi connectivity index (χ4n) is 1.89. The standard InChI is InChI=1S/C17H14ClFN2OS/c18-14-4-3-13(16(19)9-14)10-23-11-17(22)21-15-5-1-12(2-6-15)7-8-20/h1-6,9H,7,10-11H2,(H,21,22). The van der Waals surface area contributed by atoms with E-state index in [9.17, 15) is 9.18 Å². The van der Waals surface area contributed by atoms with Crippen LogP contribution >= 0.6 is 23.4 Å². The molecule has 1 amide bonds. The van der Waals surface area contributed by atoms with E-state index in [1.165, 1.54) is 17.8 Å². The number of amides is 1. The van der Waals surface area contributed by atoms with Crippen molar-refractivity contribution in [3.63, 3.8) is 0 Å². The van der Waals surface area contributed by atoms with Gasteiger partial charge in [-0.3, -0.25) is 4.79 Å². The minimum absolute atomic E-state index is 0.155. The molecule has 0 aliphatic carbocycles. The number of carbonyl (C=O) groups is 1. The third kappa shape index (κ3) is 5.59. The topological polar surface area (TPSA) is 52.9 Å². The molecule has 2 aromatic rings. The van der Waals surface area contributed by atoms with Crippen LogP contribution in [0.1, 0.15) is 11.1 Å². The van der Waals surface area contributed by atoms with Crippen molar-refractivity contribution in [3.05, 3.63) is 64.4 Å². The first-order chi connectivity index (χ1) is 11.1. The van der Waals surface area contributed by atoms with Gasteiger partial charge in [0, 0.05) is 16.5 Å². The van der Waals surface area contributed by atoms with E-state index in [1.807, 2.05) is 0 Å². The first-order valence-electron chi connectivity index (χ1n) is 6.86. The monoisotopic (exact) mass is 348 g/mol. The number of benzene rings is 2. The van der Waals surface area contributed by atoms with Gasteiger partial charge in [-0.25, -0.2) is 4.39 Å². The normalized spacial score (nSPS) is 10.1. The molecule has 0 fully saturated rings. The lowest BCUT2D eigenvalue weighted by molar-refractivity contribution is -0.113. The molecule has 0 aliphatic heterocycles. The Bertz CT molecular complexity index is 728. The smallest absolute Gasteiger partial charge is 0.234 e. The highest BCUT2D eigenvalue weighted by atomic mass is 35.5. The summed E-state index contributed by atoms with van der Waals surface area (Å²) < 4.78 is 13.6. The Labute approximate surface area is 143 Å². The molecule has 23 heavy (non-hydrogen) atoms. The van der Waals surface area contributed by atoms with Crippen molar-refractivity contribution < 1.29 is 9.18 Å². The van der Waals surface area contributed by atoms with Crippen LogP contribution in [-0.2, 0) is 17.0 Å². The Kier molecular flexibility index (Phi) is 6.45. The van der Waals surface area contributed by atoms with Crippen molar-refractivity contribution in [3.8, 4) is 6.07 Å². The van der Waals surface area contributed by atoms with Crippen LogP contribution in [0.3, 0.4) is 0 Å². The summed E-state index contributed by atoms with van der Waals surface area (Å²) in [4.78, 5) is 11.9. The number of hydrogen-bond acceptors (Lipinski definition) is 3. The highest BCUT2D eigenvalue weighted by Gasteiger charge is 2.06. The molecule has 0 radical (unpaired) electrons. The van der Waals surface area contributed by atoms with E-state index in [-0.39, 0.29) is 17.5 Å². The van der Waals surface area contributed by atoms with Crippen molar-refractivity contribution in [1.82, 2.24) is 0 Å². The summed E-state index contributed by atoms with van der Waals surface area (Å²) in [5.41, 5.74) is 2.10. The SMILES string of the molecule is N#CCc1ccc(NC(=O)CSCc2ccc(Cl)cc2F)cc1. The molecular weight excluding hydrogens is 335 g/mol. The van der Waals surface area contributed by atoms with Crippen molar-refractivity contribution >= 4 is 35.0 Å². The highest BCUT2D eigenvalue weighted by Crippen LogP contribution is 2.19. The molecule has 0 spiro atoms. The van der Waals surface area contributed by atoms with Gasteiger partial charge in [-0.1, -0.05) is 29.8 Å². The molecule has 118 valence electrons. The molecule has 0 aromatic heterocycles. The molecule has 6 heteroatoms. The second-order valence-electron chi connectivity index (χ2n) is 4.81. The molecule has 0 unspecified atom stereocenters. The van der Waals surface area contributed by atoms with Gasteiger partial charge in [-0.2, -0.15) is 5.26 Å². The molecular formula is C17H14ClFN2OS. The van der Waals surface area contributed by atoms with Crippen LogP contribution in [0.15, 0.2) is 42.5 Å². The average molecular weight is 349 g/mol. The minimum Gasteiger partial charge on any atom is -0.325 e. The molecule has 1 N–H and O–H groups in total. The zero-order valence-electron chi connectivity index (χ0n) is 12.2. The van der Waals surface area contributed by atoms with Gasteiger partial charge >= 0.3 is 0 Å². The molecule has 0 atom stereocenters. The maximum Gasteiger partial charge on any atom is 0.234 e. The maximum atomic E-state index is 13.6. The molecule has 0 heterocycles. The summed E-state index contributed by atoms with van der Waals surface area (Å²) in [7, 11) is 0. The van der Waals surface area contributed by atoms with E-state index < -0.39 is 0 Å². The van der Waals surface area contributed by atoms with E-state index in [1.54, 1.807) is 36.4 Å². The van der Waals surface area contributed by atoms with Crippen molar-refractivity contribution in [2.75, 3.05) is 11.1 Å². The summed E-state index contributed by atoms with van der Waals surface area (Å²) >= 11 is 7.02. The Balaban J connectivity index is 1.80. The van der Waals surface area contributed by atoms with Crippen LogP contribution in [0.5, 0.6) is 0 Å². The van der Waals surface area contributed by atoms with Gasteiger partial charge in [-0.05, 0) is 35.4 Å². The van der Waals surface area contributed by atoms with E-state index >= 15 is 0 Å². The zero-order valence-corrected chi connectivity index (χ0v) is 13.8. The van der Waals surface area contributed by atoms with Gasteiger partial charge in [0.1, 0.15) is 5.82 Å². The molecule has 3 nitrogen and oxygen atoms in total. The van der Waals surface area contributed by atoms with Gasteiger partial charge in [0.05, 0.1) is 18.2 Å². The average Bonchev–Trinajstić information content (AvgIpc) is 2.52. The predicted octanol–water partition coefficient (Wildman–Crippen LogP) is 4.42. The van der Waals surface area contributed by atoms with Crippen LogP contribution < -0.4 is 5.32 Å². The second-order valence-corrected chi connectivity index (χ2v) is 6.23. The Morgan fingerprint density at radius 3 is 2.65 bits per heavy atom. The number of nitrogens with zero attached hydrogens (tertiary/aromatic N) is 1. The number of nitrogens with one attached hydrogen (secondary N) is 1. The molecule has 0 aliphatic rings. The molecule has 0 bridgehead atoms. The highest BCUT2D eigenvalue weighted by molar-refractivity contribution is 7.99. The second kappa shape index (κ2) is 8.56. The van der Waals surface area contributed by atoms with Gasteiger partial charge in [0.15, 0.2) is 0 Å². The lowest BCUT2D eigenvalue weighted by atomic mass is 10.1. The van der Waals surface area contributed by atoms with Crippen molar-refractivity contribution in [2.45, 2.75) is 12.2 Å². The molecule has 2 aromatic carbocycles. The number of nitriles is 1. The summed E-state index contributed by atoms with van der Waals surface area (Å²) in [6.07, 6.45) is 0.344. The molecule has 0 saturated heterocycles. The fourth-order valence-corrected chi connectivity index (χ4v) is 2.86. The first-order valence-corrected chi connectivity index (χ1v) is 8.39. The number of thioether (sulfide) groups is 1. The Morgan fingerprint density at radius 1 is 1.26 bits per heavy atom. The van der Waals surface area contributed by atoms with Gasteiger partial charge in [0.25, 0.3) is 0 Å². The van der Waals surface area contributed by atoms with Crippen LogP contribution in [-0.4, -0.2) is 11.7 Å². The van der Waals surface area contributed by atoms with Gasteiger partial charge in [0.2, 0.25) is 5.91 Å². The van der Waals surface area contributed by atoms with Crippen molar-refractivity contribution in [2.24, 2.45) is 0 Å². The predicted molar refractivity (Wildman–Crippen MR) is 92.0 cm³/mol. The molecule has 2 rings (SSSR count). The fraction of sp³-hybridized carbons (Fsp3) is 0.176. The van der Waals surface area contributed by atoms with Crippen LogP contribution in [0, 0.1) is 17.1 Å². The van der Waals surface area contributed by atoms with E-state index in [2.05, 4.69) is 11.4 Å². The Morgan fingerprint density at radius 2 is 2.00 bits per heavy atom. The number of anilines is 1. The van der Waals surface area contributed by atoms with E-state index in [4.69, 9.17) is 16.9 Å².